The molecule has 6 nitrogen and oxygen atoms in total. The summed E-state index contributed by atoms with van der Waals surface area (Å²) in [5, 5.41) is 3.36. The molecular weight excluding hydrogens is 290 g/mol. The van der Waals surface area contributed by atoms with Crippen molar-refractivity contribution in [2.24, 2.45) is 5.92 Å². The minimum absolute atomic E-state index is 0.00509. The first-order valence-electron chi connectivity index (χ1n) is 8.72. The number of carbonyl (C=O) groups is 1. The first-order valence-corrected chi connectivity index (χ1v) is 8.72. The molecule has 1 aromatic rings. The number of hydrogen-bond donors (Lipinski definition) is 1. The molecule has 3 rings (SSSR count). The topological polar surface area (TPSA) is 61.4 Å². The van der Waals surface area contributed by atoms with Crippen molar-refractivity contribution in [2.75, 3.05) is 38.0 Å². The SMILES string of the molecule is CC(C)N1CC[C@H](CNc2cncc(C(=O)N3CCCC3)n2)C1. The molecule has 0 radical (unpaired) electrons. The number of nitrogens with zero attached hydrogens (tertiary/aromatic N) is 4. The first-order chi connectivity index (χ1) is 11.1. The Balaban J connectivity index is 1.54. The first kappa shape index (κ1) is 16.2. The molecule has 1 aromatic heterocycles. The van der Waals surface area contributed by atoms with E-state index in [2.05, 4.69) is 34.0 Å². The normalized spacial score (nSPS) is 22.0. The predicted octanol–water partition coefficient (Wildman–Crippen LogP) is 1.85. The van der Waals surface area contributed by atoms with Gasteiger partial charge in [-0.05, 0) is 45.6 Å². The van der Waals surface area contributed by atoms with Crippen LogP contribution in [0.25, 0.3) is 0 Å². The maximum atomic E-state index is 12.4. The summed E-state index contributed by atoms with van der Waals surface area (Å²) in [7, 11) is 0. The highest BCUT2D eigenvalue weighted by Crippen LogP contribution is 2.19. The third-order valence-corrected chi connectivity index (χ3v) is 4.87. The fourth-order valence-corrected chi connectivity index (χ4v) is 3.38. The van der Waals surface area contributed by atoms with Crippen LogP contribution in [0.1, 0.15) is 43.6 Å². The Bertz CT molecular complexity index is 542. The summed E-state index contributed by atoms with van der Waals surface area (Å²) < 4.78 is 0. The Hall–Kier alpha value is -1.69. The molecule has 23 heavy (non-hydrogen) atoms. The van der Waals surface area contributed by atoms with Gasteiger partial charge in [0.1, 0.15) is 11.5 Å². The molecule has 3 heterocycles. The number of likely N-dealkylation sites (tertiary alicyclic amines) is 2. The van der Waals surface area contributed by atoms with E-state index in [1.165, 1.54) is 13.0 Å². The van der Waals surface area contributed by atoms with E-state index >= 15 is 0 Å². The monoisotopic (exact) mass is 317 g/mol. The highest BCUT2D eigenvalue weighted by Gasteiger charge is 2.24. The van der Waals surface area contributed by atoms with E-state index in [1.54, 1.807) is 12.4 Å². The van der Waals surface area contributed by atoms with E-state index in [0.29, 0.717) is 23.5 Å². The van der Waals surface area contributed by atoms with Crippen molar-refractivity contribution in [3.05, 3.63) is 18.1 Å². The van der Waals surface area contributed by atoms with E-state index in [0.717, 1.165) is 39.0 Å². The highest BCUT2D eigenvalue weighted by atomic mass is 16.2. The molecule has 1 atom stereocenters. The molecule has 0 spiro atoms. The van der Waals surface area contributed by atoms with Gasteiger partial charge in [0.15, 0.2) is 0 Å². The van der Waals surface area contributed by atoms with Crippen LogP contribution in [0.2, 0.25) is 0 Å². The summed E-state index contributed by atoms with van der Waals surface area (Å²) in [6.07, 6.45) is 6.67. The molecular formula is C17H27N5O. The minimum atomic E-state index is 0.00509. The summed E-state index contributed by atoms with van der Waals surface area (Å²) in [5.74, 6) is 1.35. The summed E-state index contributed by atoms with van der Waals surface area (Å²) in [5.41, 5.74) is 0.451. The quantitative estimate of drug-likeness (QED) is 0.898. The number of carbonyl (C=O) groups excluding carboxylic acids is 1. The smallest absolute Gasteiger partial charge is 0.274 e. The number of anilines is 1. The molecule has 0 bridgehead atoms. The summed E-state index contributed by atoms with van der Waals surface area (Å²) in [6.45, 7) is 9.35. The molecule has 0 saturated carbocycles. The van der Waals surface area contributed by atoms with Gasteiger partial charge in [0.05, 0.1) is 12.4 Å². The van der Waals surface area contributed by atoms with Gasteiger partial charge in [0.25, 0.3) is 5.91 Å². The molecule has 6 heteroatoms. The molecule has 126 valence electrons. The highest BCUT2D eigenvalue weighted by molar-refractivity contribution is 5.92. The van der Waals surface area contributed by atoms with Crippen molar-refractivity contribution in [1.82, 2.24) is 19.8 Å². The number of amides is 1. The Labute approximate surface area is 138 Å². The summed E-state index contributed by atoms with van der Waals surface area (Å²) >= 11 is 0. The van der Waals surface area contributed by atoms with Gasteiger partial charge in [-0.15, -0.1) is 0 Å². The Morgan fingerprint density at radius 3 is 2.78 bits per heavy atom. The van der Waals surface area contributed by atoms with Gasteiger partial charge in [-0.1, -0.05) is 0 Å². The van der Waals surface area contributed by atoms with Crippen molar-refractivity contribution in [3.63, 3.8) is 0 Å². The lowest BCUT2D eigenvalue weighted by atomic mass is 10.1. The van der Waals surface area contributed by atoms with Gasteiger partial charge in [-0.3, -0.25) is 9.78 Å². The molecule has 0 aromatic carbocycles. The van der Waals surface area contributed by atoms with Crippen LogP contribution in [0.15, 0.2) is 12.4 Å². The van der Waals surface area contributed by atoms with Gasteiger partial charge in [0.2, 0.25) is 0 Å². The van der Waals surface area contributed by atoms with E-state index in [4.69, 9.17) is 0 Å². The van der Waals surface area contributed by atoms with Crippen LogP contribution in [0.4, 0.5) is 5.82 Å². The molecule has 2 aliphatic rings. The van der Waals surface area contributed by atoms with E-state index < -0.39 is 0 Å². The molecule has 2 fully saturated rings. The van der Waals surface area contributed by atoms with Crippen molar-refractivity contribution in [2.45, 2.75) is 39.2 Å². The number of aromatic nitrogens is 2. The lowest BCUT2D eigenvalue weighted by Crippen LogP contribution is -2.29. The van der Waals surface area contributed by atoms with Crippen LogP contribution >= 0.6 is 0 Å². The van der Waals surface area contributed by atoms with Crippen molar-refractivity contribution in [3.8, 4) is 0 Å². The van der Waals surface area contributed by atoms with Crippen LogP contribution < -0.4 is 5.32 Å². The molecule has 1 amide bonds. The maximum Gasteiger partial charge on any atom is 0.274 e. The van der Waals surface area contributed by atoms with Gasteiger partial charge < -0.3 is 15.1 Å². The second-order valence-electron chi connectivity index (χ2n) is 6.91. The molecule has 1 N–H and O–H groups in total. The lowest BCUT2D eigenvalue weighted by molar-refractivity contribution is 0.0786. The fourth-order valence-electron chi connectivity index (χ4n) is 3.38. The van der Waals surface area contributed by atoms with Gasteiger partial charge in [0, 0.05) is 32.2 Å². The van der Waals surface area contributed by atoms with Crippen LogP contribution in [0, 0.1) is 5.92 Å². The van der Waals surface area contributed by atoms with Crippen molar-refractivity contribution < 1.29 is 4.79 Å². The third kappa shape index (κ3) is 3.99. The second-order valence-corrected chi connectivity index (χ2v) is 6.91. The van der Waals surface area contributed by atoms with Gasteiger partial charge in [-0.2, -0.15) is 0 Å². The van der Waals surface area contributed by atoms with Crippen LogP contribution in [-0.4, -0.2) is 64.4 Å². The van der Waals surface area contributed by atoms with Crippen molar-refractivity contribution in [1.29, 1.82) is 0 Å². The third-order valence-electron chi connectivity index (χ3n) is 4.87. The van der Waals surface area contributed by atoms with Crippen LogP contribution in [0.3, 0.4) is 0 Å². The summed E-state index contributed by atoms with van der Waals surface area (Å²) in [6, 6.07) is 0.612. The number of nitrogens with one attached hydrogen (secondary N) is 1. The Kier molecular flexibility index (Phi) is 5.10. The van der Waals surface area contributed by atoms with Crippen molar-refractivity contribution >= 4 is 11.7 Å². The Morgan fingerprint density at radius 2 is 2.09 bits per heavy atom. The largest absolute Gasteiger partial charge is 0.368 e. The number of rotatable bonds is 5. The maximum absolute atomic E-state index is 12.4. The van der Waals surface area contributed by atoms with E-state index in [-0.39, 0.29) is 5.91 Å². The standard InChI is InChI=1S/C17H27N5O/c1-13(2)22-8-5-14(12-22)9-19-16-11-18-10-15(20-16)17(23)21-6-3-4-7-21/h10-11,13-14H,3-9,12H2,1-2H3,(H,19,20)/t14-/m1/s1. The van der Waals surface area contributed by atoms with Crippen LogP contribution in [0.5, 0.6) is 0 Å². The lowest BCUT2D eigenvalue weighted by Gasteiger charge is -2.20. The Morgan fingerprint density at radius 1 is 1.30 bits per heavy atom. The second kappa shape index (κ2) is 7.25. The predicted molar refractivity (Wildman–Crippen MR) is 90.5 cm³/mol. The average Bonchev–Trinajstić information content (AvgIpc) is 3.24. The van der Waals surface area contributed by atoms with Gasteiger partial charge >= 0.3 is 0 Å². The zero-order valence-electron chi connectivity index (χ0n) is 14.2. The van der Waals surface area contributed by atoms with Crippen LogP contribution in [-0.2, 0) is 0 Å². The molecule has 0 aliphatic carbocycles. The van der Waals surface area contributed by atoms with E-state index in [1.807, 2.05) is 4.90 Å². The zero-order chi connectivity index (χ0) is 16.2. The molecule has 2 saturated heterocycles. The zero-order valence-corrected chi connectivity index (χ0v) is 14.2. The summed E-state index contributed by atoms with van der Waals surface area (Å²) in [4.78, 5) is 25.4. The van der Waals surface area contributed by atoms with E-state index in [9.17, 15) is 4.79 Å². The minimum Gasteiger partial charge on any atom is -0.368 e. The number of hydrogen-bond acceptors (Lipinski definition) is 5. The van der Waals surface area contributed by atoms with Gasteiger partial charge in [-0.25, -0.2) is 4.98 Å². The molecule has 2 aliphatic heterocycles. The average molecular weight is 317 g/mol. The molecule has 0 unspecified atom stereocenters. The fraction of sp³-hybridized carbons (Fsp3) is 0.706.